The Morgan fingerprint density at radius 3 is 1.90 bits per heavy atom. The van der Waals surface area contributed by atoms with Crippen LogP contribution in [0.25, 0.3) is 55.2 Å². The summed E-state index contributed by atoms with van der Waals surface area (Å²) in [6.45, 7) is 6.79. The summed E-state index contributed by atoms with van der Waals surface area (Å²) in [4.78, 5) is 9.94. The fraction of sp³-hybridized carbons (Fsp3) is 0.106. The molecule has 0 bridgehead atoms. The molecule has 0 fully saturated rings. The summed E-state index contributed by atoms with van der Waals surface area (Å²) < 4.78 is 0. The zero-order chi connectivity index (χ0) is 33.2. The van der Waals surface area contributed by atoms with Crippen LogP contribution in [0.2, 0.25) is 0 Å². The van der Waals surface area contributed by atoms with E-state index in [0.717, 1.165) is 27.9 Å². The number of pyridine rings is 2. The highest BCUT2D eigenvalue weighted by Crippen LogP contribution is 2.57. The molecule has 8 aromatic rings. The molecule has 0 aliphatic heterocycles. The van der Waals surface area contributed by atoms with E-state index in [1.54, 1.807) is 0 Å². The van der Waals surface area contributed by atoms with Crippen LogP contribution in [-0.4, -0.2) is 9.97 Å². The highest BCUT2D eigenvalue weighted by atomic mass is 14.7. The maximum Gasteiger partial charge on any atom is 0.0714 e. The molecule has 0 radical (unpaired) electrons. The van der Waals surface area contributed by atoms with Gasteiger partial charge in [-0.25, -0.2) is 0 Å². The second-order valence-corrected chi connectivity index (χ2v) is 14.3. The smallest absolute Gasteiger partial charge is 0.0714 e. The molecule has 0 saturated heterocycles. The molecular formula is C47H36N2. The first-order valence-corrected chi connectivity index (χ1v) is 17.1. The average Bonchev–Trinajstić information content (AvgIpc) is 3.45. The number of benzene rings is 6. The third kappa shape index (κ3) is 4.63. The van der Waals surface area contributed by atoms with Gasteiger partial charge in [-0.1, -0.05) is 136 Å². The van der Waals surface area contributed by atoms with E-state index in [9.17, 15) is 0 Å². The normalized spacial score (nSPS) is 13.4. The lowest BCUT2D eigenvalue weighted by Crippen LogP contribution is -2.28. The van der Waals surface area contributed by atoms with E-state index in [1.807, 2.05) is 12.4 Å². The lowest BCUT2D eigenvalue weighted by atomic mass is 9.66. The lowest BCUT2D eigenvalue weighted by Gasteiger charge is -2.35. The maximum atomic E-state index is 5.00. The van der Waals surface area contributed by atoms with Crippen molar-refractivity contribution in [1.29, 1.82) is 0 Å². The minimum absolute atomic E-state index is 0.00684. The van der Waals surface area contributed by atoms with Crippen LogP contribution in [0.15, 0.2) is 164 Å². The van der Waals surface area contributed by atoms with Gasteiger partial charge in [0.1, 0.15) is 0 Å². The summed E-state index contributed by atoms with van der Waals surface area (Å²) in [5.41, 5.74) is 12.5. The first kappa shape index (κ1) is 29.3. The quantitative estimate of drug-likeness (QED) is 0.194. The van der Waals surface area contributed by atoms with Gasteiger partial charge in [-0.2, -0.15) is 0 Å². The van der Waals surface area contributed by atoms with Crippen LogP contribution < -0.4 is 0 Å². The summed E-state index contributed by atoms with van der Waals surface area (Å²) in [6, 6.07) is 55.6. The number of rotatable bonds is 4. The fourth-order valence-electron chi connectivity index (χ4n) is 7.96. The molecular weight excluding hydrogens is 593 g/mol. The Hall–Kier alpha value is -5.86. The molecule has 1 aliphatic carbocycles. The van der Waals surface area contributed by atoms with Gasteiger partial charge in [0, 0.05) is 28.9 Å². The molecule has 0 spiro atoms. The van der Waals surface area contributed by atoms with E-state index in [4.69, 9.17) is 9.97 Å². The van der Waals surface area contributed by atoms with Crippen molar-refractivity contribution in [2.75, 3.05) is 0 Å². The van der Waals surface area contributed by atoms with Crippen molar-refractivity contribution in [1.82, 2.24) is 9.97 Å². The van der Waals surface area contributed by atoms with E-state index in [0.29, 0.717) is 0 Å². The van der Waals surface area contributed by atoms with E-state index < -0.39 is 5.41 Å². The summed E-state index contributed by atoms with van der Waals surface area (Å²) in [6.07, 6.45) is 3.95. The topological polar surface area (TPSA) is 25.8 Å². The van der Waals surface area contributed by atoms with E-state index in [2.05, 4.69) is 172 Å². The predicted octanol–water partition coefficient (Wildman–Crippen LogP) is 11.8. The Kier molecular flexibility index (Phi) is 6.64. The van der Waals surface area contributed by atoms with Gasteiger partial charge in [0.15, 0.2) is 0 Å². The van der Waals surface area contributed by atoms with Crippen LogP contribution in [0.1, 0.15) is 48.6 Å². The van der Waals surface area contributed by atoms with Crippen molar-refractivity contribution in [2.45, 2.75) is 31.6 Å². The Morgan fingerprint density at radius 1 is 0.469 bits per heavy atom. The Labute approximate surface area is 287 Å². The predicted molar refractivity (Wildman–Crippen MR) is 204 cm³/mol. The molecule has 0 unspecified atom stereocenters. The van der Waals surface area contributed by atoms with Gasteiger partial charge in [-0.15, -0.1) is 0 Å². The first-order valence-electron chi connectivity index (χ1n) is 17.1. The van der Waals surface area contributed by atoms with Crippen molar-refractivity contribution >= 4 is 21.5 Å². The van der Waals surface area contributed by atoms with Crippen molar-refractivity contribution in [3.8, 4) is 33.6 Å². The molecule has 2 aromatic heterocycles. The van der Waals surface area contributed by atoms with Gasteiger partial charge in [0.2, 0.25) is 0 Å². The minimum atomic E-state index is -0.569. The third-order valence-corrected chi connectivity index (χ3v) is 10.4. The van der Waals surface area contributed by atoms with E-state index in [-0.39, 0.29) is 5.41 Å². The Morgan fingerprint density at radius 2 is 1.14 bits per heavy atom. The molecule has 0 atom stereocenters. The maximum absolute atomic E-state index is 5.00. The van der Waals surface area contributed by atoms with Gasteiger partial charge in [-0.3, -0.25) is 9.97 Å². The van der Waals surface area contributed by atoms with Crippen molar-refractivity contribution < 1.29 is 0 Å². The van der Waals surface area contributed by atoms with Gasteiger partial charge in [0.05, 0.1) is 16.8 Å². The molecule has 2 heterocycles. The zero-order valence-electron chi connectivity index (χ0n) is 28.0. The summed E-state index contributed by atoms with van der Waals surface area (Å²) in [5, 5.41) is 4.74. The second-order valence-electron chi connectivity index (χ2n) is 14.3. The zero-order valence-corrected chi connectivity index (χ0v) is 28.0. The third-order valence-electron chi connectivity index (χ3n) is 10.4. The number of nitrogens with zero attached hydrogens (tertiary/aromatic N) is 2. The van der Waals surface area contributed by atoms with E-state index in [1.165, 1.54) is 55.1 Å². The minimum Gasteiger partial charge on any atom is -0.256 e. The molecule has 9 rings (SSSR count). The highest BCUT2D eigenvalue weighted by molar-refractivity contribution is 5.98. The van der Waals surface area contributed by atoms with Gasteiger partial charge in [0.25, 0.3) is 0 Å². The SMILES string of the molecule is CC(C)(C)c1ccnc(-c2cc(C3(c4cccc(-c5cc6ccccc6cn5)c4)c4ccccc4-c4ccccc43)cc3ccccc23)c1. The van der Waals surface area contributed by atoms with Crippen LogP contribution in [-0.2, 0) is 10.8 Å². The Balaban J connectivity index is 1.36. The standard InChI is InChI=1S/C47H36N2/c1-46(2,3)35-23-24-48-45(29-35)41-28-37(25-32-14-6-7-18-38(32)41)47(42-21-10-8-19-39(42)40-20-9-11-22-43(40)47)36-17-12-16-33(26-36)44-27-31-13-4-5-15-34(31)30-49-44/h4-30H,1-3H3. The molecule has 0 amide bonds. The molecule has 49 heavy (non-hydrogen) atoms. The highest BCUT2D eigenvalue weighted by Gasteiger charge is 2.46. The van der Waals surface area contributed by atoms with Crippen LogP contribution in [0.5, 0.6) is 0 Å². The molecule has 2 heteroatoms. The number of hydrogen-bond donors (Lipinski definition) is 0. The van der Waals surface area contributed by atoms with Crippen LogP contribution in [0, 0.1) is 0 Å². The molecule has 6 aromatic carbocycles. The summed E-state index contributed by atoms with van der Waals surface area (Å²) in [5.74, 6) is 0. The number of hydrogen-bond acceptors (Lipinski definition) is 2. The van der Waals surface area contributed by atoms with Gasteiger partial charge >= 0.3 is 0 Å². The first-order chi connectivity index (χ1) is 23.9. The molecule has 1 aliphatic rings. The molecule has 2 nitrogen and oxygen atoms in total. The summed E-state index contributed by atoms with van der Waals surface area (Å²) >= 11 is 0. The van der Waals surface area contributed by atoms with Gasteiger partial charge in [-0.05, 0) is 96.9 Å². The van der Waals surface area contributed by atoms with Crippen LogP contribution in [0.3, 0.4) is 0 Å². The number of fused-ring (bicyclic) bond motifs is 5. The van der Waals surface area contributed by atoms with Crippen LogP contribution in [0.4, 0.5) is 0 Å². The van der Waals surface area contributed by atoms with Crippen LogP contribution >= 0.6 is 0 Å². The summed E-state index contributed by atoms with van der Waals surface area (Å²) in [7, 11) is 0. The number of aromatic nitrogens is 2. The molecule has 234 valence electrons. The second kappa shape index (κ2) is 11.1. The van der Waals surface area contributed by atoms with Crippen molar-refractivity contribution in [3.05, 3.63) is 192 Å². The lowest BCUT2D eigenvalue weighted by molar-refractivity contribution is 0.589. The molecule has 0 saturated carbocycles. The van der Waals surface area contributed by atoms with Crippen molar-refractivity contribution in [2.24, 2.45) is 0 Å². The average molecular weight is 629 g/mol. The fourth-order valence-corrected chi connectivity index (χ4v) is 7.96. The van der Waals surface area contributed by atoms with Crippen molar-refractivity contribution in [3.63, 3.8) is 0 Å². The monoisotopic (exact) mass is 628 g/mol. The molecule has 0 N–H and O–H groups in total. The van der Waals surface area contributed by atoms with Gasteiger partial charge < -0.3 is 0 Å². The Bertz CT molecular complexity index is 2510. The van der Waals surface area contributed by atoms with E-state index >= 15 is 0 Å². The largest absolute Gasteiger partial charge is 0.256 e.